The summed E-state index contributed by atoms with van der Waals surface area (Å²) in [6.07, 6.45) is 0. The first-order valence-electron chi connectivity index (χ1n) is 7.30. The molecule has 112 valence electrons. The minimum atomic E-state index is -0.352. The van der Waals surface area contributed by atoms with Crippen LogP contribution in [-0.2, 0) is 12.1 Å². The van der Waals surface area contributed by atoms with Gasteiger partial charge in [0.2, 0.25) is 0 Å². The predicted molar refractivity (Wildman–Crippen MR) is 85.5 cm³/mol. The molecule has 1 N–H and O–H groups in total. The van der Waals surface area contributed by atoms with E-state index in [0.29, 0.717) is 0 Å². The summed E-state index contributed by atoms with van der Waals surface area (Å²) in [7, 11) is 0. The smallest absolute Gasteiger partial charge is 0.176 e. The third-order valence-corrected chi connectivity index (χ3v) is 3.61. The summed E-state index contributed by atoms with van der Waals surface area (Å²) in [5, 5.41) is 15.7. The van der Waals surface area contributed by atoms with Crippen molar-refractivity contribution >= 4 is 0 Å². The van der Waals surface area contributed by atoms with Crippen LogP contribution in [0.3, 0.4) is 0 Å². The Kier molecular flexibility index (Phi) is 3.98. The predicted octanol–water partition coefficient (Wildman–Crippen LogP) is 2.69. The third kappa shape index (κ3) is 3.04. The minimum Gasteiger partial charge on any atom is -0.301 e. The molecule has 0 spiro atoms. The molecule has 0 saturated heterocycles. The van der Waals surface area contributed by atoms with E-state index in [9.17, 15) is 0 Å². The van der Waals surface area contributed by atoms with Gasteiger partial charge in [-0.15, -0.1) is 5.10 Å². The summed E-state index contributed by atoms with van der Waals surface area (Å²) >= 11 is 0. The van der Waals surface area contributed by atoms with Crippen LogP contribution >= 0.6 is 0 Å². The van der Waals surface area contributed by atoms with Crippen molar-refractivity contribution in [1.29, 1.82) is 0 Å². The van der Waals surface area contributed by atoms with Crippen molar-refractivity contribution in [2.75, 3.05) is 0 Å². The average molecular weight is 293 g/mol. The summed E-state index contributed by atoms with van der Waals surface area (Å²) in [5.74, 6) is 0.787. The maximum Gasteiger partial charge on any atom is 0.176 e. The average Bonchev–Trinajstić information content (AvgIpc) is 3.06. The molecule has 1 aromatic heterocycles. The van der Waals surface area contributed by atoms with Crippen molar-refractivity contribution in [3.63, 3.8) is 0 Å². The number of para-hydroxylation sites is 1. The first kappa shape index (κ1) is 14.4. The van der Waals surface area contributed by atoms with E-state index in [0.717, 1.165) is 18.1 Å². The fourth-order valence-corrected chi connectivity index (χ4v) is 2.32. The maximum atomic E-state index is 4.22. The second-order valence-corrected chi connectivity index (χ2v) is 5.71. The lowest BCUT2D eigenvalue weighted by Gasteiger charge is -2.25. The zero-order valence-corrected chi connectivity index (χ0v) is 12.8. The Morgan fingerprint density at radius 3 is 2.27 bits per heavy atom. The van der Waals surface area contributed by atoms with Gasteiger partial charge in [-0.25, -0.2) is 0 Å². The van der Waals surface area contributed by atoms with Gasteiger partial charge in [0.05, 0.1) is 11.2 Å². The second-order valence-electron chi connectivity index (χ2n) is 5.71. The topological polar surface area (TPSA) is 55.6 Å². The van der Waals surface area contributed by atoms with Crippen LogP contribution < -0.4 is 5.32 Å². The molecule has 2 aromatic carbocycles. The molecule has 0 radical (unpaired) electrons. The van der Waals surface area contributed by atoms with Crippen LogP contribution in [0.2, 0.25) is 0 Å². The summed E-state index contributed by atoms with van der Waals surface area (Å²) < 4.78 is 1.78. The number of benzene rings is 2. The van der Waals surface area contributed by atoms with Crippen LogP contribution in [0, 0.1) is 0 Å². The summed E-state index contributed by atoms with van der Waals surface area (Å²) in [6, 6.07) is 20.2. The van der Waals surface area contributed by atoms with E-state index >= 15 is 0 Å². The number of aromatic nitrogens is 4. The Labute approximate surface area is 130 Å². The van der Waals surface area contributed by atoms with Crippen molar-refractivity contribution in [3.8, 4) is 5.69 Å². The molecule has 5 heteroatoms. The molecule has 0 amide bonds. The van der Waals surface area contributed by atoms with Crippen molar-refractivity contribution in [2.45, 2.75) is 25.9 Å². The quantitative estimate of drug-likeness (QED) is 0.786. The fraction of sp³-hybridized carbons (Fsp3) is 0.235. The Bertz CT molecular complexity index is 719. The van der Waals surface area contributed by atoms with Crippen LogP contribution in [0.15, 0.2) is 60.7 Å². The minimum absolute atomic E-state index is 0.352. The molecule has 0 aliphatic rings. The van der Waals surface area contributed by atoms with Gasteiger partial charge in [-0.2, -0.15) is 4.68 Å². The number of rotatable bonds is 5. The molecule has 1 heterocycles. The van der Waals surface area contributed by atoms with Crippen LogP contribution in [0.25, 0.3) is 5.69 Å². The molecule has 0 aliphatic heterocycles. The summed E-state index contributed by atoms with van der Waals surface area (Å²) in [5.41, 5.74) is 1.83. The van der Waals surface area contributed by atoms with Crippen molar-refractivity contribution in [1.82, 2.24) is 25.5 Å². The Morgan fingerprint density at radius 2 is 1.59 bits per heavy atom. The van der Waals surface area contributed by atoms with Crippen LogP contribution in [0.1, 0.15) is 25.2 Å². The lowest BCUT2D eigenvalue weighted by molar-refractivity contribution is 0.370. The number of hydrogen-bond acceptors (Lipinski definition) is 4. The van der Waals surface area contributed by atoms with Crippen molar-refractivity contribution in [2.24, 2.45) is 0 Å². The highest BCUT2D eigenvalue weighted by molar-refractivity contribution is 5.31. The molecule has 0 saturated carbocycles. The van der Waals surface area contributed by atoms with Gasteiger partial charge in [-0.3, -0.25) is 0 Å². The van der Waals surface area contributed by atoms with E-state index in [4.69, 9.17) is 0 Å². The Hall–Kier alpha value is -2.53. The molecular weight excluding hydrogens is 274 g/mol. The first-order valence-corrected chi connectivity index (χ1v) is 7.30. The largest absolute Gasteiger partial charge is 0.301 e. The molecule has 22 heavy (non-hydrogen) atoms. The lowest BCUT2D eigenvalue weighted by Crippen LogP contribution is -2.38. The number of nitrogens with zero attached hydrogens (tertiary/aromatic N) is 4. The van der Waals surface area contributed by atoms with E-state index in [1.807, 2.05) is 48.5 Å². The van der Waals surface area contributed by atoms with Gasteiger partial charge in [-0.05, 0) is 42.0 Å². The monoisotopic (exact) mass is 293 g/mol. The highest BCUT2D eigenvalue weighted by Crippen LogP contribution is 2.20. The molecule has 3 rings (SSSR count). The second kappa shape index (κ2) is 6.07. The molecule has 0 unspecified atom stereocenters. The van der Waals surface area contributed by atoms with Crippen LogP contribution in [0.5, 0.6) is 0 Å². The molecule has 0 atom stereocenters. The van der Waals surface area contributed by atoms with Crippen LogP contribution in [-0.4, -0.2) is 20.2 Å². The molecule has 0 aliphatic carbocycles. The van der Waals surface area contributed by atoms with Gasteiger partial charge in [0.1, 0.15) is 0 Å². The third-order valence-electron chi connectivity index (χ3n) is 3.61. The van der Waals surface area contributed by atoms with E-state index < -0.39 is 0 Å². The van der Waals surface area contributed by atoms with Gasteiger partial charge in [-0.1, -0.05) is 48.5 Å². The molecular formula is C17H19N5. The molecule has 0 bridgehead atoms. The van der Waals surface area contributed by atoms with E-state index in [-0.39, 0.29) is 5.54 Å². The number of hydrogen-bond donors (Lipinski definition) is 1. The molecule has 5 nitrogen and oxygen atoms in total. The zero-order valence-electron chi connectivity index (χ0n) is 12.8. The Balaban J connectivity index is 1.82. The van der Waals surface area contributed by atoms with Crippen molar-refractivity contribution in [3.05, 3.63) is 72.1 Å². The lowest BCUT2D eigenvalue weighted by atomic mass is 10.0. The van der Waals surface area contributed by atoms with Gasteiger partial charge >= 0.3 is 0 Å². The zero-order chi connectivity index (χ0) is 15.4. The van der Waals surface area contributed by atoms with Gasteiger partial charge in [0, 0.05) is 6.54 Å². The SMILES string of the molecule is CC(C)(NCc1ccccc1)c1nnnn1-c1ccccc1. The van der Waals surface area contributed by atoms with Crippen molar-refractivity contribution < 1.29 is 0 Å². The summed E-state index contributed by atoms with van der Waals surface area (Å²) in [6.45, 7) is 4.93. The molecule has 0 fully saturated rings. The van der Waals surface area contributed by atoms with Gasteiger partial charge in [0.25, 0.3) is 0 Å². The maximum absolute atomic E-state index is 4.22. The van der Waals surface area contributed by atoms with Gasteiger partial charge < -0.3 is 5.32 Å². The van der Waals surface area contributed by atoms with E-state index in [2.05, 4.69) is 46.8 Å². The van der Waals surface area contributed by atoms with E-state index in [1.54, 1.807) is 4.68 Å². The van der Waals surface area contributed by atoms with Gasteiger partial charge in [0.15, 0.2) is 5.82 Å². The molecule has 3 aromatic rings. The van der Waals surface area contributed by atoms with Crippen LogP contribution in [0.4, 0.5) is 0 Å². The number of nitrogens with one attached hydrogen (secondary N) is 1. The standard InChI is InChI=1S/C17H19N5/c1-17(2,18-13-14-9-5-3-6-10-14)16-19-20-21-22(16)15-11-7-4-8-12-15/h3-12,18H,13H2,1-2H3. The summed E-state index contributed by atoms with van der Waals surface area (Å²) in [4.78, 5) is 0. The highest BCUT2D eigenvalue weighted by Gasteiger charge is 2.27. The normalized spacial score (nSPS) is 11.5. The Morgan fingerprint density at radius 1 is 0.955 bits per heavy atom. The number of tetrazole rings is 1. The highest BCUT2D eigenvalue weighted by atomic mass is 15.6. The fourth-order valence-electron chi connectivity index (χ4n) is 2.32. The van der Waals surface area contributed by atoms with E-state index in [1.165, 1.54) is 5.56 Å². The first-order chi connectivity index (χ1) is 10.7.